The minimum Gasteiger partial charge on any atom is -0.465 e. The molecule has 0 radical (unpaired) electrons. The van der Waals surface area contributed by atoms with E-state index in [9.17, 15) is 14.7 Å². The second-order valence-electron chi connectivity index (χ2n) is 9.96. The molecule has 2 aromatic carbocycles. The van der Waals surface area contributed by atoms with Crippen LogP contribution in [-0.4, -0.2) is 52.1 Å². The molecule has 5 nitrogen and oxygen atoms in total. The highest BCUT2D eigenvalue weighted by molar-refractivity contribution is 5.92. The van der Waals surface area contributed by atoms with Gasteiger partial charge in [-0.1, -0.05) is 81.4 Å². The maximum absolute atomic E-state index is 14.1. The van der Waals surface area contributed by atoms with Gasteiger partial charge in [0.15, 0.2) is 0 Å². The molecule has 164 valence electrons. The van der Waals surface area contributed by atoms with Crippen molar-refractivity contribution in [2.24, 2.45) is 5.41 Å². The van der Waals surface area contributed by atoms with E-state index in [1.807, 2.05) is 74.2 Å². The molecule has 0 saturated carbocycles. The first kappa shape index (κ1) is 21.4. The summed E-state index contributed by atoms with van der Waals surface area (Å²) in [7, 11) is 0. The maximum atomic E-state index is 14.1. The predicted octanol–water partition coefficient (Wildman–Crippen LogP) is 4.95. The van der Waals surface area contributed by atoms with Gasteiger partial charge in [0.25, 0.3) is 0 Å². The van der Waals surface area contributed by atoms with Crippen LogP contribution in [-0.2, 0) is 4.79 Å². The number of likely N-dealkylation sites (tertiary alicyclic amines) is 2. The van der Waals surface area contributed by atoms with E-state index >= 15 is 0 Å². The number of nitrogens with zero attached hydrogens (tertiary/aromatic N) is 2. The van der Waals surface area contributed by atoms with Crippen molar-refractivity contribution in [2.45, 2.75) is 51.0 Å². The molecular weight excluding hydrogens is 388 g/mol. The second-order valence-corrected chi connectivity index (χ2v) is 9.96. The zero-order valence-corrected chi connectivity index (χ0v) is 18.6. The van der Waals surface area contributed by atoms with Crippen LogP contribution in [0.25, 0.3) is 0 Å². The lowest BCUT2D eigenvalue weighted by atomic mass is 9.69. The summed E-state index contributed by atoms with van der Waals surface area (Å²) in [5, 5.41) is 10.2. The fourth-order valence-electron chi connectivity index (χ4n) is 5.54. The van der Waals surface area contributed by atoms with Crippen LogP contribution in [0, 0.1) is 5.41 Å². The van der Waals surface area contributed by atoms with Crippen LogP contribution in [0.5, 0.6) is 0 Å². The standard InChI is InChI=1S/C26H32N2O3/c1-25(2,3)26(16-22(18-28(26)24(30)31)20-12-8-5-9-13-20)23(29)27-15-14-21(17-27)19-10-6-4-7-11-19/h4-13,21-22H,14-18H2,1-3H3,(H,30,31)/t21?,22-,26+/m0/s1. The van der Waals surface area contributed by atoms with Crippen molar-refractivity contribution in [3.8, 4) is 0 Å². The van der Waals surface area contributed by atoms with Crippen LogP contribution < -0.4 is 0 Å². The van der Waals surface area contributed by atoms with Crippen LogP contribution in [0.1, 0.15) is 56.6 Å². The molecule has 5 heteroatoms. The van der Waals surface area contributed by atoms with Gasteiger partial charge in [0, 0.05) is 31.5 Å². The Balaban J connectivity index is 1.67. The third-order valence-corrected chi connectivity index (χ3v) is 7.25. The zero-order valence-electron chi connectivity index (χ0n) is 18.6. The van der Waals surface area contributed by atoms with Crippen molar-refractivity contribution in [3.63, 3.8) is 0 Å². The Bertz CT molecular complexity index is 938. The van der Waals surface area contributed by atoms with Gasteiger partial charge >= 0.3 is 6.09 Å². The van der Waals surface area contributed by atoms with Gasteiger partial charge in [-0.05, 0) is 29.4 Å². The average molecular weight is 421 g/mol. The quantitative estimate of drug-likeness (QED) is 0.764. The van der Waals surface area contributed by atoms with Gasteiger partial charge in [-0.15, -0.1) is 0 Å². The van der Waals surface area contributed by atoms with Crippen LogP contribution in [0.15, 0.2) is 60.7 Å². The van der Waals surface area contributed by atoms with Gasteiger partial charge in [0.2, 0.25) is 5.91 Å². The Labute approximate surface area is 184 Å². The summed E-state index contributed by atoms with van der Waals surface area (Å²) in [6.45, 7) is 7.65. The van der Waals surface area contributed by atoms with Crippen molar-refractivity contribution < 1.29 is 14.7 Å². The molecule has 31 heavy (non-hydrogen) atoms. The molecule has 2 aliphatic heterocycles. The van der Waals surface area contributed by atoms with Gasteiger partial charge in [-0.2, -0.15) is 0 Å². The van der Waals surface area contributed by atoms with E-state index in [0.717, 1.165) is 12.0 Å². The molecule has 0 aliphatic carbocycles. The van der Waals surface area contributed by atoms with Crippen molar-refractivity contribution in [3.05, 3.63) is 71.8 Å². The van der Waals surface area contributed by atoms with E-state index in [1.54, 1.807) is 0 Å². The van der Waals surface area contributed by atoms with Gasteiger partial charge in [0.1, 0.15) is 5.54 Å². The molecule has 2 fully saturated rings. The molecule has 1 N–H and O–H groups in total. The van der Waals surface area contributed by atoms with Crippen LogP contribution in [0.4, 0.5) is 4.79 Å². The number of carbonyl (C=O) groups excluding carboxylic acids is 1. The Morgan fingerprint density at radius 1 is 0.903 bits per heavy atom. The van der Waals surface area contributed by atoms with E-state index in [0.29, 0.717) is 32.0 Å². The Morgan fingerprint density at radius 3 is 1.97 bits per heavy atom. The van der Waals surface area contributed by atoms with E-state index in [4.69, 9.17) is 0 Å². The number of benzene rings is 2. The Hall–Kier alpha value is -2.82. The predicted molar refractivity (Wildman–Crippen MR) is 121 cm³/mol. The third kappa shape index (κ3) is 3.71. The van der Waals surface area contributed by atoms with E-state index in [2.05, 4.69) is 12.1 Å². The first-order chi connectivity index (χ1) is 14.7. The molecule has 0 aromatic heterocycles. The van der Waals surface area contributed by atoms with Gasteiger partial charge in [0.05, 0.1) is 0 Å². The minimum absolute atomic E-state index is 0.00741. The first-order valence-corrected chi connectivity index (χ1v) is 11.1. The largest absolute Gasteiger partial charge is 0.465 e. The van der Waals surface area contributed by atoms with Crippen LogP contribution in [0.2, 0.25) is 0 Å². The third-order valence-electron chi connectivity index (χ3n) is 7.25. The molecule has 2 aromatic rings. The zero-order chi connectivity index (χ0) is 22.2. The van der Waals surface area contributed by atoms with Crippen molar-refractivity contribution in [2.75, 3.05) is 19.6 Å². The number of hydrogen-bond donors (Lipinski definition) is 1. The maximum Gasteiger partial charge on any atom is 0.408 e. The van der Waals surface area contributed by atoms with E-state index in [-0.39, 0.29) is 11.8 Å². The first-order valence-electron chi connectivity index (χ1n) is 11.1. The lowest BCUT2D eigenvalue weighted by Gasteiger charge is -2.47. The summed E-state index contributed by atoms with van der Waals surface area (Å²) in [4.78, 5) is 29.8. The van der Waals surface area contributed by atoms with Gasteiger partial charge in [-0.3, -0.25) is 9.69 Å². The van der Waals surface area contributed by atoms with E-state index < -0.39 is 17.0 Å². The summed E-state index contributed by atoms with van der Waals surface area (Å²) in [5.41, 5.74) is 0.726. The summed E-state index contributed by atoms with van der Waals surface area (Å²) in [6, 6.07) is 20.3. The highest BCUT2D eigenvalue weighted by atomic mass is 16.4. The Morgan fingerprint density at radius 2 is 1.45 bits per heavy atom. The average Bonchev–Trinajstić information content (AvgIpc) is 3.41. The fourth-order valence-corrected chi connectivity index (χ4v) is 5.54. The summed E-state index contributed by atoms with van der Waals surface area (Å²) in [6.07, 6.45) is 0.407. The lowest BCUT2D eigenvalue weighted by molar-refractivity contribution is -0.147. The number of rotatable bonds is 3. The fraction of sp³-hybridized carbons (Fsp3) is 0.462. The van der Waals surface area contributed by atoms with Crippen molar-refractivity contribution in [1.29, 1.82) is 0 Å². The van der Waals surface area contributed by atoms with E-state index in [1.165, 1.54) is 10.5 Å². The van der Waals surface area contributed by atoms with Crippen molar-refractivity contribution >= 4 is 12.0 Å². The summed E-state index contributed by atoms with van der Waals surface area (Å²) >= 11 is 0. The molecule has 1 unspecified atom stereocenters. The monoisotopic (exact) mass is 420 g/mol. The van der Waals surface area contributed by atoms with Crippen LogP contribution in [0.3, 0.4) is 0 Å². The summed E-state index contributed by atoms with van der Waals surface area (Å²) < 4.78 is 0. The number of carbonyl (C=O) groups is 2. The van der Waals surface area contributed by atoms with Gasteiger partial charge in [-0.25, -0.2) is 4.79 Å². The SMILES string of the molecule is CC(C)(C)[C@]1(C(=O)N2CCC(c3ccccc3)C2)C[C@H](c2ccccc2)CN1C(=O)O. The number of carboxylic acid groups (broad SMARTS) is 1. The highest BCUT2D eigenvalue weighted by Gasteiger charge is 2.61. The molecule has 0 spiro atoms. The molecular formula is C26H32N2O3. The molecule has 4 rings (SSSR count). The number of hydrogen-bond acceptors (Lipinski definition) is 2. The normalized spacial score (nSPS) is 26.3. The Kier molecular flexibility index (Phi) is 5.54. The molecule has 2 aliphatic rings. The lowest BCUT2D eigenvalue weighted by Crippen LogP contribution is -2.64. The topological polar surface area (TPSA) is 60.9 Å². The molecule has 0 bridgehead atoms. The number of amides is 2. The molecule has 2 heterocycles. The smallest absolute Gasteiger partial charge is 0.408 e. The summed E-state index contributed by atoms with van der Waals surface area (Å²) in [5.74, 6) is 0.263. The van der Waals surface area contributed by atoms with Gasteiger partial charge < -0.3 is 10.0 Å². The second kappa shape index (κ2) is 8.03. The highest BCUT2D eigenvalue weighted by Crippen LogP contribution is 2.50. The minimum atomic E-state index is -1.08. The molecule has 2 amide bonds. The van der Waals surface area contributed by atoms with Crippen LogP contribution >= 0.6 is 0 Å². The van der Waals surface area contributed by atoms with Crippen molar-refractivity contribution in [1.82, 2.24) is 9.80 Å². The molecule has 2 saturated heterocycles. The molecule has 3 atom stereocenters.